The molecule has 0 aliphatic carbocycles. The zero-order valence-corrected chi connectivity index (χ0v) is 16.6. The van der Waals surface area contributed by atoms with E-state index in [2.05, 4.69) is 0 Å². The van der Waals surface area contributed by atoms with E-state index in [9.17, 15) is 4.79 Å². The Morgan fingerprint density at radius 2 is 1.56 bits per heavy atom. The van der Waals surface area contributed by atoms with Crippen LogP contribution >= 0.6 is 0 Å². The van der Waals surface area contributed by atoms with E-state index in [-0.39, 0.29) is 55.1 Å². The summed E-state index contributed by atoms with van der Waals surface area (Å²) in [7, 11) is 1.39. The summed E-state index contributed by atoms with van der Waals surface area (Å²) in [5.74, 6) is -1.64. The van der Waals surface area contributed by atoms with Gasteiger partial charge < -0.3 is 33.2 Å². The number of fused-ring (bicyclic) bond motifs is 3. The van der Waals surface area contributed by atoms with Gasteiger partial charge in [0.1, 0.15) is 30.5 Å². The predicted molar refractivity (Wildman–Crippen MR) is 91.9 cm³/mol. The van der Waals surface area contributed by atoms with Gasteiger partial charge in [-0.3, -0.25) is 4.79 Å². The normalized spacial score (nSPS) is 45.1. The van der Waals surface area contributed by atoms with E-state index < -0.39 is 11.6 Å². The summed E-state index contributed by atoms with van der Waals surface area (Å²) in [6.45, 7) is 8.03. The molecule has 0 amide bonds. The summed E-state index contributed by atoms with van der Waals surface area (Å²) < 4.78 is 41.6. The van der Waals surface area contributed by atoms with Gasteiger partial charge in [0.25, 0.3) is 0 Å². The molecule has 4 saturated heterocycles. The molecule has 4 fully saturated rings. The van der Waals surface area contributed by atoms with Crippen molar-refractivity contribution >= 4 is 5.97 Å². The molecule has 4 rings (SSSR count). The Bertz CT molecular complexity index is 576. The highest BCUT2D eigenvalue weighted by Gasteiger charge is 2.59. The van der Waals surface area contributed by atoms with Crippen LogP contribution in [0.25, 0.3) is 0 Å². The van der Waals surface area contributed by atoms with Crippen LogP contribution in [0.3, 0.4) is 0 Å². The maximum Gasteiger partial charge on any atom is 0.308 e. The minimum Gasteiger partial charge on any atom is -0.469 e. The van der Waals surface area contributed by atoms with E-state index >= 15 is 0 Å². The van der Waals surface area contributed by atoms with Gasteiger partial charge in [0, 0.05) is 0 Å². The van der Waals surface area contributed by atoms with Crippen LogP contribution < -0.4 is 0 Å². The van der Waals surface area contributed by atoms with Crippen LogP contribution in [0.4, 0.5) is 0 Å². The molecular formula is C19H30O8. The molecule has 0 radical (unpaired) electrons. The molecule has 27 heavy (non-hydrogen) atoms. The largest absolute Gasteiger partial charge is 0.469 e. The number of ether oxygens (including phenoxy) is 7. The lowest BCUT2D eigenvalue weighted by Crippen LogP contribution is -2.62. The maximum absolute atomic E-state index is 11.6. The molecule has 0 aromatic carbocycles. The first-order valence-corrected chi connectivity index (χ1v) is 9.72. The van der Waals surface area contributed by atoms with Crippen molar-refractivity contribution in [2.24, 2.45) is 0 Å². The van der Waals surface area contributed by atoms with Gasteiger partial charge in [-0.25, -0.2) is 0 Å². The van der Waals surface area contributed by atoms with Crippen LogP contribution in [0.5, 0.6) is 0 Å². The standard InChI is InChI=1S/C19H30O8/c1-18(2)22-9-12(25-18)15-17-16(26-19(3,4)27-17)14-11(24-15)7-6-10(23-14)8-13(20)21-5/h10-12,14-17H,6-9H2,1-5H3/t10-,11+,12?,14+,15+,16+,17-/m1/s1. The molecule has 0 spiro atoms. The Kier molecular flexibility index (Phi) is 5.02. The van der Waals surface area contributed by atoms with Gasteiger partial charge in [-0.05, 0) is 40.5 Å². The van der Waals surface area contributed by atoms with Crippen LogP contribution in [0.2, 0.25) is 0 Å². The third kappa shape index (κ3) is 3.88. The molecule has 7 atom stereocenters. The van der Waals surface area contributed by atoms with E-state index in [1.54, 1.807) is 0 Å². The fourth-order valence-corrected chi connectivity index (χ4v) is 4.53. The number of hydrogen-bond acceptors (Lipinski definition) is 8. The summed E-state index contributed by atoms with van der Waals surface area (Å²) >= 11 is 0. The molecule has 1 unspecified atom stereocenters. The highest BCUT2D eigenvalue weighted by Crippen LogP contribution is 2.44. The minimum atomic E-state index is -0.737. The molecule has 8 heteroatoms. The Hall–Kier alpha value is -0.770. The van der Waals surface area contributed by atoms with Gasteiger partial charge in [0.15, 0.2) is 11.6 Å². The van der Waals surface area contributed by atoms with Crippen LogP contribution in [-0.4, -0.2) is 74.0 Å². The summed E-state index contributed by atoms with van der Waals surface area (Å²) in [5, 5.41) is 0. The lowest BCUT2D eigenvalue weighted by Gasteiger charge is -2.47. The lowest BCUT2D eigenvalue weighted by atomic mass is 9.87. The van der Waals surface area contributed by atoms with Crippen molar-refractivity contribution in [2.75, 3.05) is 13.7 Å². The van der Waals surface area contributed by atoms with Gasteiger partial charge in [0.05, 0.1) is 32.3 Å². The zero-order chi connectivity index (χ0) is 19.4. The Labute approximate surface area is 159 Å². The fourth-order valence-electron chi connectivity index (χ4n) is 4.53. The second kappa shape index (κ2) is 6.93. The monoisotopic (exact) mass is 386 g/mol. The van der Waals surface area contributed by atoms with Gasteiger partial charge in [-0.2, -0.15) is 0 Å². The smallest absolute Gasteiger partial charge is 0.308 e. The van der Waals surface area contributed by atoms with E-state index in [4.69, 9.17) is 33.2 Å². The molecule has 4 heterocycles. The average molecular weight is 386 g/mol. The summed E-state index contributed by atoms with van der Waals surface area (Å²) in [6.07, 6.45) is 0.0266. The Morgan fingerprint density at radius 1 is 0.889 bits per heavy atom. The maximum atomic E-state index is 11.6. The molecule has 154 valence electrons. The van der Waals surface area contributed by atoms with Crippen molar-refractivity contribution in [1.29, 1.82) is 0 Å². The highest BCUT2D eigenvalue weighted by atomic mass is 16.8. The molecule has 0 bridgehead atoms. The molecule has 0 saturated carbocycles. The average Bonchev–Trinajstić information content (AvgIpc) is 3.12. The molecule has 4 aliphatic heterocycles. The summed E-state index contributed by atoms with van der Waals surface area (Å²) in [4.78, 5) is 11.6. The SMILES string of the molecule is COC(=O)C[C@H]1CC[C@@H]2O[C@@H](C3COC(C)(C)O3)[C@H]3OC(C)(C)O[C@H]3[C@H]2O1. The number of carbonyl (C=O) groups excluding carboxylic acids is 1. The first-order chi connectivity index (χ1) is 12.7. The molecule has 0 N–H and O–H groups in total. The molecule has 0 aromatic heterocycles. The fraction of sp³-hybridized carbons (Fsp3) is 0.947. The van der Waals surface area contributed by atoms with Gasteiger partial charge in [-0.1, -0.05) is 0 Å². The summed E-state index contributed by atoms with van der Waals surface area (Å²) in [6, 6.07) is 0. The second-order valence-electron chi connectivity index (χ2n) is 8.65. The first-order valence-electron chi connectivity index (χ1n) is 9.72. The van der Waals surface area contributed by atoms with Crippen LogP contribution in [-0.2, 0) is 38.0 Å². The number of esters is 1. The lowest BCUT2D eigenvalue weighted by molar-refractivity contribution is -0.260. The van der Waals surface area contributed by atoms with E-state index in [1.165, 1.54) is 7.11 Å². The van der Waals surface area contributed by atoms with E-state index in [1.807, 2.05) is 27.7 Å². The molecule has 4 aliphatic rings. The van der Waals surface area contributed by atoms with Gasteiger partial charge in [0.2, 0.25) is 0 Å². The topological polar surface area (TPSA) is 81.7 Å². The van der Waals surface area contributed by atoms with Crippen LogP contribution in [0.15, 0.2) is 0 Å². The quantitative estimate of drug-likeness (QED) is 0.676. The van der Waals surface area contributed by atoms with Crippen molar-refractivity contribution in [3.05, 3.63) is 0 Å². The Morgan fingerprint density at radius 3 is 2.15 bits per heavy atom. The second-order valence-corrected chi connectivity index (χ2v) is 8.65. The van der Waals surface area contributed by atoms with E-state index in [0.29, 0.717) is 6.61 Å². The number of rotatable bonds is 3. The third-order valence-corrected chi connectivity index (χ3v) is 5.65. The van der Waals surface area contributed by atoms with Crippen LogP contribution in [0.1, 0.15) is 47.0 Å². The van der Waals surface area contributed by atoms with Crippen molar-refractivity contribution < 1.29 is 38.0 Å². The van der Waals surface area contributed by atoms with Crippen molar-refractivity contribution in [3.8, 4) is 0 Å². The Balaban J connectivity index is 1.52. The number of carbonyl (C=O) groups is 1. The van der Waals surface area contributed by atoms with E-state index in [0.717, 1.165) is 12.8 Å². The summed E-state index contributed by atoms with van der Waals surface area (Å²) in [5.41, 5.74) is 0. The highest BCUT2D eigenvalue weighted by molar-refractivity contribution is 5.69. The van der Waals surface area contributed by atoms with Gasteiger partial charge in [-0.15, -0.1) is 0 Å². The van der Waals surface area contributed by atoms with Crippen LogP contribution in [0, 0.1) is 0 Å². The molecule has 0 aromatic rings. The predicted octanol–water partition coefficient (Wildman–Crippen LogP) is 1.54. The van der Waals surface area contributed by atoms with Gasteiger partial charge >= 0.3 is 5.97 Å². The molecule has 8 nitrogen and oxygen atoms in total. The van der Waals surface area contributed by atoms with Crippen molar-refractivity contribution in [1.82, 2.24) is 0 Å². The third-order valence-electron chi connectivity index (χ3n) is 5.65. The van der Waals surface area contributed by atoms with Crippen molar-refractivity contribution in [3.63, 3.8) is 0 Å². The molecular weight excluding hydrogens is 356 g/mol. The zero-order valence-electron chi connectivity index (χ0n) is 16.6. The first kappa shape index (κ1) is 19.5. The van der Waals surface area contributed by atoms with Crippen molar-refractivity contribution in [2.45, 2.75) is 101 Å². The number of methoxy groups -OCH3 is 1. The number of hydrogen-bond donors (Lipinski definition) is 0. The minimum absolute atomic E-state index is 0.130.